The van der Waals surface area contributed by atoms with Gasteiger partial charge in [0.25, 0.3) is 0 Å². The third-order valence-electron chi connectivity index (χ3n) is 3.96. The van der Waals surface area contributed by atoms with Crippen LogP contribution in [-0.4, -0.2) is 37.3 Å². The third kappa shape index (κ3) is 4.66. The molecule has 0 unspecified atom stereocenters. The molecule has 1 aromatic heterocycles. The number of thiazole rings is 1. The fraction of sp³-hybridized carbons (Fsp3) is 0.812. The first-order valence-corrected chi connectivity index (χ1v) is 8.96. The zero-order valence-corrected chi connectivity index (χ0v) is 14.6. The molecule has 0 atom stereocenters. The highest BCUT2D eigenvalue weighted by atomic mass is 32.1. The van der Waals surface area contributed by atoms with Crippen LogP contribution in [0.2, 0.25) is 0 Å². The van der Waals surface area contributed by atoms with Crippen molar-refractivity contribution in [3.8, 4) is 0 Å². The van der Waals surface area contributed by atoms with Crippen LogP contribution in [0.25, 0.3) is 0 Å². The minimum atomic E-state index is 0.512. The van der Waals surface area contributed by atoms with Crippen molar-refractivity contribution in [2.24, 2.45) is 0 Å². The van der Waals surface area contributed by atoms with Gasteiger partial charge in [0, 0.05) is 43.8 Å². The lowest BCUT2D eigenvalue weighted by atomic mass is 10.1. The SMILES string of the molecule is CCCc1nc(N(C)C2CCOCC2)sc1CNC(C)C. The Balaban J connectivity index is 2.09. The molecule has 4 nitrogen and oxygen atoms in total. The van der Waals surface area contributed by atoms with Crippen molar-refractivity contribution in [2.45, 2.75) is 65.1 Å². The molecule has 1 fully saturated rings. The summed E-state index contributed by atoms with van der Waals surface area (Å²) >= 11 is 1.85. The standard InChI is InChI=1S/C16H29N3OS/c1-5-6-14-15(11-17-12(2)3)21-16(18-14)19(4)13-7-9-20-10-8-13/h12-13,17H,5-11H2,1-4H3. The Kier molecular flexibility index (Phi) is 6.45. The first-order valence-electron chi connectivity index (χ1n) is 8.14. The van der Waals surface area contributed by atoms with E-state index >= 15 is 0 Å². The molecule has 5 heteroatoms. The van der Waals surface area contributed by atoms with Crippen molar-refractivity contribution in [3.63, 3.8) is 0 Å². The number of ether oxygens (including phenoxy) is 1. The molecule has 0 amide bonds. The monoisotopic (exact) mass is 311 g/mol. The highest BCUT2D eigenvalue weighted by molar-refractivity contribution is 7.15. The van der Waals surface area contributed by atoms with E-state index in [9.17, 15) is 0 Å². The number of nitrogens with one attached hydrogen (secondary N) is 1. The zero-order valence-electron chi connectivity index (χ0n) is 13.8. The van der Waals surface area contributed by atoms with Crippen molar-refractivity contribution in [3.05, 3.63) is 10.6 Å². The molecule has 0 spiro atoms. The Hall–Kier alpha value is -0.650. The first-order chi connectivity index (χ1) is 10.1. The largest absolute Gasteiger partial charge is 0.381 e. The van der Waals surface area contributed by atoms with E-state index in [0.29, 0.717) is 12.1 Å². The summed E-state index contributed by atoms with van der Waals surface area (Å²) in [5, 5.41) is 4.70. The Labute approximate surface area is 132 Å². The van der Waals surface area contributed by atoms with Crippen molar-refractivity contribution in [1.82, 2.24) is 10.3 Å². The molecule has 21 heavy (non-hydrogen) atoms. The summed E-state index contributed by atoms with van der Waals surface area (Å²) in [6.07, 6.45) is 4.45. The molecule has 1 aromatic rings. The summed E-state index contributed by atoms with van der Waals surface area (Å²) in [6.45, 7) is 9.30. The number of aromatic nitrogens is 1. The van der Waals surface area contributed by atoms with E-state index in [4.69, 9.17) is 9.72 Å². The van der Waals surface area contributed by atoms with Gasteiger partial charge in [-0.3, -0.25) is 0 Å². The van der Waals surface area contributed by atoms with Crippen molar-refractivity contribution < 1.29 is 4.74 Å². The first kappa shape index (κ1) is 16.7. The van der Waals surface area contributed by atoms with Crippen molar-refractivity contribution >= 4 is 16.5 Å². The lowest BCUT2D eigenvalue weighted by Gasteiger charge is -2.30. The summed E-state index contributed by atoms with van der Waals surface area (Å²) in [5.74, 6) is 0. The molecule has 1 aliphatic heterocycles. The lowest BCUT2D eigenvalue weighted by Crippen LogP contribution is -2.36. The Bertz CT molecular complexity index is 427. The van der Waals surface area contributed by atoms with Gasteiger partial charge in [0.05, 0.1) is 5.69 Å². The van der Waals surface area contributed by atoms with E-state index in [1.165, 1.54) is 15.7 Å². The molecule has 0 aliphatic carbocycles. The van der Waals surface area contributed by atoms with Gasteiger partial charge in [-0.2, -0.15) is 0 Å². The molecular weight excluding hydrogens is 282 g/mol. The summed E-state index contributed by atoms with van der Waals surface area (Å²) < 4.78 is 5.46. The van der Waals surface area contributed by atoms with Crippen LogP contribution in [0.5, 0.6) is 0 Å². The second kappa shape index (κ2) is 8.11. The zero-order chi connectivity index (χ0) is 15.2. The number of nitrogens with zero attached hydrogens (tertiary/aromatic N) is 2. The molecular formula is C16H29N3OS. The van der Waals surface area contributed by atoms with Gasteiger partial charge in [0.1, 0.15) is 0 Å². The number of rotatable bonds is 7. The van der Waals surface area contributed by atoms with Gasteiger partial charge in [-0.25, -0.2) is 4.98 Å². The minimum Gasteiger partial charge on any atom is -0.381 e. The van der Waals surface area contributed by atoms with Gasteiger partial charge in [-0.15, -0.1) is 11.3 Å². The van der Waals surface area contributed by atoms with E-state index in [0.717, 1.165) is 45.4 Å². The normalized spacial score (nSPS) is 16.6. The van der Waals surface area contributed by atoms with Crippen molar-refractivity contribution in [2.75, 3.05) is 25.2 Å². The Morgan fingerprint density at radius 2 is 2.10 bits per heavy atom. The molecule has 1 aliphatic rings. The second-order valence-corrected chi connectivity index (χ2v) is 7.17. The smallest absolute Gasteiger partial charge is 0.185 e. The average molecular weight is 311 g/mol. The maximum absolute atomic E-state index is 5.46. The van der Waals surface area contributed by atoms with Crippen LogP contribution in [-0.2, 0) is 17.7 Å². The van der Waals surface area contributed by atoms with Gasteiger partial charge >= 0.3 is 0 Å². The predicted molar refractivity (Wildman–Crippen MR) is 90.3 cm³/mol. The second-order valence-electron chi connectivity index (χ2n) is 6.11. The van der Waals surface area contributed by atoms with E-state index in [1.807, 2.05) is 11.3 Å². The van der Waals surface area contributed by atoms with Gasteiger partial charge in [-0.05, 0) is 19.3 Å². The van der Waals surface area contributed by atoms with Crippen LogP contribution < -0.4 is 10.2 Å². The van der Waals surface area contributed by atoms with Gasteiger partial charge in [-0.1, -0.05) is 27.2 Å². The molecule has 0 bridgehead atoms. The van der Waals surface area contributed by atoms with Gasteiger partial charge in [0.2, 0.25) is 0 Å². The van der Waals surface area contributed by atoms with Crippen LogP contribution in [0, 0.1) is 0 Å². The minimum absolute atomic E-state index is 0.512. The fourth-order valence-electron chi connectivity index (χ4n) is 2.62. The van der Waals surface area contributed by atoms with Crippen LogP contribution >= 0.6 is 11.3 Å². The summed E-state index contributed by atoms with van der Waals surface area (Å²) in [5.41, 5.74) is 1.28. The highest BCUT2D eigenvalue weighted by Crippen LogP contribution is 2.29. The van der Waals surface area contributed by atoms with E-state index < -0.39 is 0 Å². The maximum atomic E-state index is 5.46. The van der Waals surface area contributed by atoms with Crippen LogP contribution in [0.15, 0.2) is 0 Å². The molecule has 2 heterocycles. The van der Waals surface area contributed by atoms with Crippen LogP contribution in [0.3, 0.4) is 0 Å². The Morgan fingerprint density at radius 1 is 1.38 bits per heavy atom. The summed E-state index contributed by atoms with van der Waals surface area (Å²) in [4.78, 5) is 8.69. The average Bonchev–Trinajstić information content (AvgIpc) is 2.89. The lowest BCUT2D eigenvalue weighted by molar-refractivity contribution is 0.0855. The van der Waals surface area contributed by atoms with E-state index in [1.54, 1.807) is 0 Å². The fourth-order valence-corrected chi connectivity index (χ4v) is 3.71. The molecule has 1 saturated heterocycles. The topological polar surface area (TPSA) is 37.4 Å². The molecule has 120 valence electrons. The number of hydrogen-bond acceptors (Lipinski definition) is 5. The van der Waals surface area contributed by atoms with Crippen molar-refractivity contribution in [1.29, 1.82) is 0 Å². The predicted octanol–water partition coefficient (Wildman–Crippen LogP) is 3.21. The summed E-state index contributed by atoms with van der Waals surface area (Å²) in [6, 6.07) is 1.09. The van der Waals surface area contributed by atoms with Crippen LogP contribution in [0.4, 0.5) is 5.13 Å². The molecule has 2 rings (SSSR count). The maximum Gasteiger partial charge on any atom is 0.185 e. The molecule has 0 radical (unpaired) electrons. The quantitative estimate of drug-likeness (QED) is 0.839. The summed E-state index contributed by atoms with van der Waals surface area (Å²) in [7, 11) is 2.18. The molecule has 1 N–H and O–H groups in total. The number of aryl methyl sites for hydroxylation is 1. The van der Waals surface area contributed by atoms with E-state index in [2.05, 4.69) is 38.0 Å². The molecule has 0 saturated carbocycles. The van der Waals surface area contributed by atoms with Gasteiger partial charge < -0.3 is 15.0 Å². The van der Waals surface area contributed by atoms with Gasteiger partial charge in [0.15, 0.2) is 5.13 Å². The van der Waals surface area contributed by atoms with E-state index in [-0.39, 0.29) is 0 Å². The number of anilines is 1. The molecule has 0 aromatic carbocycles. The number of hydrogen-bond donors (Lipinski definition) is 1. The Morgan fingerprint density at radius 3 is 2.71 bits per heavy atom. The van der Waals surface area contributed by atoms with Crippen LogP contribution in [0.1, 0.15) is 50.6 Å². The third-order valence-corrected chi connectivity index (χ3v) is 5.15. The highest BCUT2D eigenvalue weighted by Gasteiger charge is 2.22.